The Balaban J connectivity index is 1.95. The molecule has 0 saturated heterocycles. The van der Waals surface area contributed by atoms with E-state index in [1.807, 2.05) is 12.3 Å². The van der Waals surface area contributed by atoms with E-state index in [2.05, 4.69) is 30.2 Å². The fraction of sp³-hybridized carbons (Fsp3) is 0.615. The lowest BCUT2D eigenvalue weighted by atomic mass is 9.87. The van der Waals surface area contributed by atoms with Crippen molar-refractivity contribution in [3.8, 4) is 0 Å². The molecule has 15 heavy (non-hydrogen) atoms. The van der Waals surface area contributed by atoms with E-state index >= 15 is 0 Å². The van der Waals surface area contributed by atoms with Gasteiger partial charge in [0.15, 0.2) is 0 Å². The zero-order valence-corrected chi connectivity index (χ0v) is 9.66. The summed E-state index contributed by atoms with van der Waals surface area (Å²) in [6.07, 6.45) is 7.17. The summed E-state index contributed by atoms with van der Waals surface area (Å²) in [5.74, 6) is 0.915. The Bertz CT molecular complexity index is 314. The summed E-state index contributed by atoms with van der Waals surface area (Å²) in [5, 5.41) is 3.61. The lowest BCUT2D eigenvalue weighted by Gasteiger charge is -2.28. The van der Waals surface area contributed by atoms with Gasteiger partial charge in [0.05, 0.1) is 11.4 Å². The lowest BCUT2D eigenvalue weighted by molar-refractivity contribution is 0.361. The number of nitrogens with zero attached hydrogens (tertiary/aromatic N) is 1. The maximum Gasteiger partial charge on any atom is 0.0603 e. The van der Waals surface area contributed by atoms with E-state index in [1.54, 1.807) is 0 Å². The summed E-state index contributed by atoms with van der Waals surface area (Å²) < 4.78 is 0. The minimum atomic E-state index is 0.657. The average molecular weight is 204 g/mol. The summed E-state index contributed by atoms with van der Waals surface area (Å²) in [6, 6.07) is 4.78. The molecule has 1 saturated carbocycles. The molecule has 1 aliphatic carbocycles. The molecule has 2 rings (SSSR count). The predicted molar refractivity (Wildman–Crippen MR) is 64.0 cm³/mol. The Labute approximate surface area is 92.1 Å². The van der Waals surface area contributed by atoms with Gasteiger partial charge in [0, 0.05) is 12.2 Å². The maximum atomic E-state index is 4.30. The molecule has 1 aliphatic rings. The molecule has 0 aliphatic heterocycles. The average Bonchev–Trinajstić information content (AvgIpc) is 2.25. The van der Waals surface area contributed by atoms with Gasteiger partial charge in [-0.05, 0) is 50.7 Å². The van der Waals surface area contributed by atoms with E-state index in [-0.39, 0.29) is 0 Å². The molecule has 1 heterocycles. The molecular formula is C13H20N2. The van der Waals surface area contributed by atoms with Gasteiger partial charge in [0.25, 0.3) is 0 Å². The Morgan fingerprint density at radius 2 is 2.00 bits per heavy atom. The summed E-state index contributed by atoms with van der Waals surface area (Å²) in [7, 11) is 0. The molecule has 0 radical (unpaired) electrons. The third kappa shape index (κ3) is 2.71. The van der Waals surface area contributed by atoms with Crippen molar-refractivity contribution in [2.45, 2.75) is 45.6 Å². The van der Waals surface area contributed by atoms with Crippen LogP contribution in [0.1, 0.15) is 38.3 Å². The largest absolute Gasteiger partial charge is 0.381 e. The summed E-state index contributed by atoms with van der Waals surface area (Å²) in [6.45, 7) is 4.42. The van der Waals surface area contributed by atoms with Crippen LogP contribution in [0.2, 0.25) is 0 Å². The molecular weight excluding hydrogens is 184 g/mol. The van der Waals surface area contributed by atoms with Gasteiger partial charge >= 0.3 is 0 Å². The molecule has 0 bridgehead atoms. The molecule has 2 nitrogen and oxygen atoms in total. The third-order valence-electron chi connectivity index (χ3n) is 3.38. The van der Waals surface area contributed by atoms with Gasteiger partial charge in [0.2, 0.25) is 0 Å². The van der Waals surface area contributed by atoms with E-state index in [1.165, 1.54) is 31.4 Å². The number of aromatic nitrogens is 1. The van der Waals surface area contributed by atoms with Crippen LogP contribution in [0.15, 0.2) is 18.3 Å². The van der Waals surface area contributed by atoms with Crippen molar-refractivity contribution in [1.29, 1.82) is 0 Å². The fourth-order valence-electron chi connectivity index (χ4n) is 2.26. The zero-order chi connectivity index (χ0) is 10.7. The van der Waals surface area contributed by atoms with Crippen LogP contribution in [0, 0.1) is 12.8 Å². The van der Waals surface area contributed by atoms with E-state index in [9.17, 15) is 0 Å². The van der Waals surface area contributed by atoms with Gasteiger partial charge < -0.3 is 5.32 Å². The number of anilines is 1. The number of aryl methyl sites for hydroxylation is 1. The molecule has 1 aromatic rings. The van der Waals surface area contributed by atoms with Crippen LogP contribution in [-0.2, 0) is 0 Å². The summed E-state index contributed by atoms with van der Waals surface area (Å²) >= 11 is 0. The molecule has 0 amide bonds. The second-order valence-corrected chi connectivity index (χ2v) is 4.74. The van der Waals surface area contributed by atoms with Crippen molar-refractivity contribution in [3.63, 3.8) is 0 Å². The van der Waals surface area contributed by atoms with E-state index in [0.717, 1.165) is 11.6 Å². The van der Waals surface area contributed by atoms with E-state index < -0.39 is 0 Å². The number of hydrogen-bond donors (Lipinski definition) is 1. The highest BCUT2D eigenvalue weighted by atomic mass is 14.9. The van der Waals surface area contributed by atoms with Crippen LogP contribution in [0.25, 0.3) is 0 Å². The smallest absolute Gasteiger partial charge is 0.0603 e. The zero-order valence-electron chi connectivity index (χ0n) is 9.66. The van der Waals surface area contributed by atoms with Crippen LogP contribution >= 0.6 is 0 Å². The number of nitrogens with one attached hydrogen (secondary N) is 1. The maximum absolute atomic E-state index is 4.30. The monoisotopic (exact) mass is 204 g/mol. The molecule has 0 atom stereocenters. The Kier molecular flexibility index (Phi) is 3.24. The highest BCUT2D eigenvalue weighted by Crippen LogP contribution is 2.26. The topological polar surface area (TPSA) is 24.9 Å². The van der Waals surface area contributed by atoms with Gasteiger partial charge in [-0.2, -0.15) is 0 Å². The van der Waals surface area contributed by atoms with Crippen molar-refractivity contribution in [3.05, 3.63) is 24.0 Å². The first-order chi connectivity index (χ1) is 7.25. The molecule has 1 fully saturated rings. The molecule has 1 N–H and O–H groups in total. The molecule has 2 heteroatoms. The van der Waals surface area contributed by atoms with Crippen molar-refractivity contribution in [2.75, 3.05) is 5.32 Å². The fourth-order valence-corrected chi connectivity index (χ4v) is 2.26. The highest BCUT2D eigenvalue weighted by Gasteiger charge is 2.18. The standard InChI is InChI=1S/C13H20N2/c1-10-5-7-12(8-6-10)15-13-4-3-9-14-11(13)2/h3-4,9-10,12,15H,5-8H2,1-2H3. The Morgan fingerprint density at radius 1 is 1.27 bits per heavy atom. The summed E-state index contributed by atoms with van der Waals surface area (Å²) in [4.78, 5) is 4.30. The van der Waals surface area contributed by atoms with Gasteiger partial charge in [-0.3, -0.25) is 4.98 Å². The second kappa shape index (κ2) is 4.65. The van der Waals surface area contributed by atoms with Gasteiger partial charge in [0.1, 0.15) is 0 Å². The van der Waals surface area contributed by atoms with Crippen LogP contribution in [0.3, 0.4) is 0 Å². The van der Waals surface area contributed by atoms with Crippen LogP contribution in [0.5, 0.6) is 0 Å². The first kappa shape index (κ1) is 10.5. The quantitative estimate of drug-likeness (QED) is 0.798. The lowest BCUT2D eigenvalue weighted by Crippen LogP contribution is -2.25. The SMILES string of the molecule is Cc1ncccc1NC1CCC(C)CC1. The van der Waals surface area contributed by atoms with Crippen LogP contribution < -0.4 is 5.32 Å². The summed E-state index contributed by atoms with van der Waals surface area (Å²) in [5.41, 5.74) is 2.31. The number of rotatable bonds is 2. The van der Waals surface area contributed by atoms with Crippen molar-refractivity contribution < 1.29 is 0 Å². The van der Waals surface area contributed by atoms with Crippen LogP contribution in [-0.4, -0.2) is 11.0 Å². The Morgan fingerprint density at radius 3 is 2.67 bits per heavy atom. The Hall–Kier alpha value is -1.05. The van der Waals surface area contributed by atoms with Crippen molar-refractivity contribution >= 4 is 5.69 Å². The van der Waals surface area contributed by atoms with Crippen molar-refractivity contribution in [2.24, 2.45) is 5.92 Å². The van der Waals surface area contributed by atoms with Crippen LogP contribution in [0.4, 0.5) is 5.69 Å². The minimum Gasteiger partial charge on any atom is -0.381 e. The molecule has 1 aromatic heterocycles. The third-order valence-corrected chi connectivity index (χ3v) is 3.38. The highest BCUT2D eigenvalue weighted by molar-refractivity contribution is 5.47. The van der Waals surface area contributed by atoms with Gasteiger partial charge in [-0.15, -0.1) is 0 Å². The second-order valence-electron chi connectivity index (χ2n) is 4.74. The normalized spacial score (nSPS) is 26.3. The van der Waals surface area contributed by atoms with Crippen molar-refractivity contribution in [1.82, 2.24) is 4.98 Å². The number of pyridine rings is 1. The first-order valence-corrected chi connectivity index (χ1v) is 5.94. The van der Waals surface area contributed by atoms with E-state index in [4.69, 9.17) is 0 Å². The molecule has 0 spiro atoms. The predicted octanol–water partition coefficient (Wildman–Crippen LogP) is 3.38. The minimum absolute atomic E-state index is 0.657. The molecule has 0 unspecified atom stereocenters. The number of hydrogen-bond acceptors (Lipinski definition) is 2. The van der Waals surface area contributed by atoms with Gasteiger partial charge in [-0.25, -0.2) is 0 Å². The molecule has 0 aromatic carbocycles. The first-order valence-electron chi connectivity index (χ1n) is 5.94. The van der Waals surface area contributed by atoms with E-state index in [0.29, 0.717) is 6.04 Å². The van der Waals surface area contributed by atoms with Gasteiger partial charge in [-0.1, -0.05) is 6.92 Å². The molecule has 82 valence electrons.